The number of nitrogens with zero attached hydrogens (tertiary/aromatic N) is 1. The van der Waals surface area contributed by atoms with Crippen molar-refractivity contribution in [2.45, 2.75) is 18.3 Å². The first-order valence-electron chi connectivity index (χ1n) is 6.64. The van der Waals surface area contributed by atoms with Crippen LogP contribution >= 0.6 is 0 Å². The molecule has 0 N–H and O–H groups in total. The lowest BCUT2D eigenvalue weighted by atomic mass is 10.1. The Morgan fingerprint density at radius 1 is 1.38 bits per heavy atom. The Morgan fingerprint density at radius 2 is 2.00 bits per heavy atom. The van der Waals surface area contributed by atoms with Crippen LogP contribution < -0.4 is 0 Å². The molecule has 1 fully saturated rings. The molecule has 0 aliphatic carbocycles. The Bertz CT molecular complexity index is 614. The highest BCUT2D eigenvalue weighted by Crippen LogP contribution is 2.23. The Labute approximate surface area is 123 Å². The van der Waals surface area contributed by atoms with Gasteiger partial charge in [0.2, 0.25) is 5.91 Å². The highest BCUT2D eigenvalue weighted by Gasteiger charge is 2.32. The Kier molecular flexibility index (Phi) is 4.63. The molecule has 2 unspecified atom stereocenters. The first kappa shape index (κ1) is 15.9. The number of hydrogen-bond acceptors (Lipinski definition) is 4. The van der Waals surface area contributed by atoms with Crippen LogP contribution in [0.25, 0.3) is 0 Å². The van der Waals surface area contributed by atoms with Gasteiger partial charge < -0.3 is 9.64 Å². The third-order valence-electron chi connectivity index (χ3n) is 3.61. The number of ether oxygens (including phenoxy) is 1. The summed E-state index contributed by atoms with van der Waals surface area (Å²) in [5, 5.41) is -1.07. The van der Waals surface area contributed by atoms with Crippen LogP contribution in [0.5, 0.6) is 0 Å². The molecule has 116 valence electrons. The van der Waals surface area contributed by atoms with Crippen LogP contribution in [0.3, 0.4) is 0 Å². The largest absolute Gasteiger partial charge is 0.370 e. The van der Waals surface area contributed by atoms with Gasteiger partial charge in [-0.25, -0.2) is 12.8 Å². The zero-order chi connectivity index (χ0) is 15.6. The maximum absolute atomic E-state index is 12.9. The standard InChI is InChI=1S/C14H18FNO4S/c1-10(21(2,18)19)14(17)16-7-8-20-13(9-16)11-3-5-12(15)6-4-11/h3-6,10,13H,7-9H2,1-2H3. The molecule has 0 aromatic heterocycles. The van der Waals surface area contributed by atoms with Gasteiger partial charge in [0.05, 0.1) is 13.2 Å². The van der Waals surface area contributed by atoms with Gasteiger partial charge in [-0.2, -0.15) is 0 Å². The van der Waals surface area contributed by atoms with Crippen LogP contribution in [0.2, 0.25) is 0 Å². The van der Waals surface area contributed by atoms with Gasteiger partial charge in [-0.1, -0.05) is 12.1 Å². The number of sulfone groups is 1. The topological polar surface area (TPSA) is 63.7 Å². The summed E-state index contributed by atoms with van der Waals surface area (Å²) in [5.74, 6) is -0.763. The van der Waals surface area contributed by atoms with Crippen LogP contribution in [0.15, 0.2) is 24.3 Å². The normalized spacial score (nSPS) is 21.1. The van der Waals surface area contributed by atoms with Crippen LogP contribution in [-0.4, -0.2) is 50.4 Å². The summed E-state index contributed by atoms with van der Waals surface area (Å²) in [6.07, 6.45) is 0.683. The second kappa shape index (κ2) is 6.11. The fraction of sp³-hybridized carbons (Fsp3) is 0.500. The second-order valence-electron chi connectivity index (χ2n) is 5.17. The summed E-state index contributed by atoms with van der Waals surface area (Å²) < 4.78 is 41.5. The van der Waals surface area contributed by atoms with Crippen LogP contribution in [-0.2, 0) is 19.4 Å². The van der Waals surface area contributed by atoms with E-state index in [4.69, 9.17) is 4.74 Å². The predicted molar refractivity (Wildman–Crippen MR) is 76.0 cm³/mol. The second-order valence-corrected chi connectivity index (χ2v) is 7.53. The summed E-state index contributed by atoms with van der Waals surface area (Å²) in [7, 11) is -3.42. The maximum Gasteiger partial charge on any atom is 0.240 e. The molecule has 1 amide bonds. The number of hydrogen-bond donors (Lipinski definition) is 0. The minimum atomic E-state index is -3.42. The van der Waals surface area contributed by atoms with Crippen molar-refractivity contribution < 1.29 is 22.3 Å². The fourth-order valence-electron chi connectivity index (χ4n) is 2.17. The van der Waals surface area contributed by atoms with E-state index in [9.17, 15) is 17.6 Å². The molecule has 1 saturated heterocycles. The van der Waals surface area contributed by atoms with Crippen LogP contribution in [0, 0.1) is 5.82 Å². The molecule has 2 rings (SSSR count). The minimum Gasteiger partial charge on any atom is -0.370 e. The monoisotopic (exact) mass is 315 g/mol. The number of rotatable bonds is 3. The van der Waals surface area contributed by atoms with E-state index < -0.39 is 21.0 Å². The van der Waals surface area contributed by atoms with E-state index >= 15 is 0 Å². The maximum atomic E-state index is 12.9. The van der Waals surface area contributed by atoms with Gasteiger partial charge in [0.15, 0.2) is 9.84 Å². The molecule has 1 aromatic carbocycles. The van der Waals surface area contributed by atoms with Crippen molar-refractivity contribution in [3.63, 3.8) is 0 Å². The number of amides is 1. The van der Waals surface area contributed by atoms with E-state index in [1.54, 1.807) is 12.1 Å². The molecule has 21 heavy (non-hydrogen) atoms. The lowest BCUT2D eigenvalue weighted by molar-refractivity contribution is -0.138. The van der Waals surface area contributed by atoms with E-state index in [2.05, 4.69) is 0 Å². The number of morpholine rings is 1. The molecule has 1 aromatic rings. The highest BCUT2D eigenvalue weighted by molar-refractivity contribution is 7.92. The Balaban J connectivity index is 2.10. The van der Waals surface area contributed by atoms with Gasteiger partial charge in [-0.3, -0.25) is 4.79 Å². The number of halogens is 1. The van der Waals surface area contributed by atoms with E-state index in [1.807, 2.05) is 0 Å². The van der Waals surface area contributed by atoms with Crippen molar-refractivity contribution in [3.05, 3.63) is 35.6 Å². The Hall–Kier alpha value is -1.47. The Morgan fingerprint density at radius 3 is 2.57 bits per heavy atom. The average Bonchev–Trinajstić information content (AvgIpc) is 2.45. The molecule has 0 spiro atoms. The van der Waals surface area contributed by atoms with Gasteiger partial charge >= 0.3 is 0 Å². The van der Waals surface area contributed by atoms with E-state index in [-0.39, 0.29) is 18.5 Å². The van der Waals surface area contributed by atoms with Crippen molar-refractivity contribution in [1.82, 2.24) is 4.90 Å². The molecule has 1 heterocycles. The lowest BCUT2D eigenvalue weighted by Crippen LogP contribution is -2.47. The molecule has 0 saturated carbocycles. The quantitative estimate of drug-likeness (QED) is 0.839. The van der Waals surface area contributed by atoms with Crippen molar-refractivity contribution in [3.8, 4) is 0 Å². The van der Waals surface area contributed by atoms with Crippen molar-refractivity contribution in [1.29, 1.82) is 0 Å². The average molecular weight is 315 g/mol. The summed E-state index contributed by atoms with van der Waals surface area (Å²) in [6, 6.07) is 5.87. The van der Waals surface area contributed by atoms with E-state index in [1.165, 1.54) is 24.0 Å². The van der Waals surface area contributed by atoms with Gasteiger partial charge in [-0.05, 0) is 24.6 Å². The minimum absolute atomic E-state index is 0.268. The predicted octanol–water partition coefficient (Wildman–Crippen LogP) is 1.16. The zero-order valence-electron chi connectivity index (χ0n) is 12.0. The number of benzene rings is 1. The number of carbonyl (C=O) groups is 1. The summed E-state index contributed by atoms with van der Waals surface area (Å²) >= 11 is 0. The third kappa shape index (κ3) is 3.79. The highest BCUT2D eigenvalue weighted by atomic mass is 32.2. The summed E-state index contributed by atoms with van der Waals surface area (Å²) in [4.78, 5) is 13.7. The fourth-order valence-corrected chi connectivity index (χ4v) is 2.68. The van der Waals surface area contributed by atoms with Crippen molar-refractivity contribution in [2.24, 2.45) is 0 Å². The van der Waals surface area contributed by atoms with Crippen LogP contribution in [0.1, 0.15) is 18.6 Å². The molecule has 2 atom stereocenters. The van der Waals surface area contributed by atoms with Crippen molar-refractivity contribution >= 4 is 15.7 Å². The SMILES string of the molecule is CC(C(=O)N1CCOC(c2ccc(F)cc2)C1)S(C)(=O)=O. The summed E-state index contributed by atoms with van der Waals surface area (Å²) in [5.41, 5.74) is 0.765. The molecule has 7 heteroatoms. The van der Waals surface area contributed by atoms with E-state index in [0.29, 0.717) is 13.2 Å². The smallest absolute Gasteiger partial charge is 0.240 e. The molecular weight excluding hydrogens is 297 g/mol. The molecule has 1 aliphatic heterocycles. The lowest BCUT2D eigenvalue weighted by Gasteiger charge is -2.34. The van der Waals surface area contributed by atoms with Gasteiger partial charge in [0.1, 0.15) is 17.2 Å². The molecular formula is C14H18FNO4S. The van der Waals surface area contributed by atoms with Gasteiger partial charge in [0, 0.05) is 12.8 Å². The van der Waals surface area contributed by atoms with Crippen LogP contribution in [0.4, 0.5) is 4.39 Å². The first-order chi connectivity index (χ1) is 9.79. The van der Waals surface area contributed by atoms with Crippen molar-refractivity contribution in [2.75, 3.05) is 26.0 Å². The number of carbonyl (C=O) groups excluding carboxylic acids is 1. The summed E-state index contributed by atoms with van der Waals surface area (Å²) in [6.45, 7) is 2.34. The molecule has 1 aliphatic rings. The molecule has 5 nitrogen and oxygen atoms in total. The zero-order valence-corrected chi connectivity index (χ0v) is 12.8. The van der Waals surface area contributed by atoms with Gasteiger partial charge in [-0.15, -0.1) is 0 Å². The molecule has 0 bridgehead atoms. The molecule has 0 radical (unpaired) electrons. The third-order valence-corrected chi connectivity index (χ3v) is 5.10. The van der Waals surface area contributed by atoms with E-state index in [0.717, 1.165) is 11.8 Å². The first-order valence-corrected chi connectivity index (χ1v) is 8.59. The van der Waals surface area contributed by atoms with Gasteiger partial charge in [0.25, 0.3) is 0 Å².